The lowest BCUT2D eigenvalue weighted by molar-refractivity contribution is -0.125. The van der Waals surface area contributed by atoms with Gasteiger partial charge in [0.05, 0.1) is 5.54 Å². The average molecular weight is 267 g/mol. The molecule has 0 atom stereocenters. The van der Waals surface area contributed by atoms with Gasteiger partial charge in [-0.2, -0.15) is 0 Å². The number of nitrogens with one attached hydrogen (secondary N) is 1. The Morgan fingerprint density at radius 1 is 1.37 bits per heavy atom. The van der Waals surface area contributed by atoms with E-state index in [9.17, 15) is 9.18 Å². The summed E-state index contributed by atoms with van der Waals surface area (Å²) in [6.07, 6.45) is 0. The van der Waals surface area contributed by atoms with Gasteiger partial charge in [0.2, 0.25) is 5.91 Å². The van der Waals surface area contributed by atoms with Gasteiger partial charge in [-0.05, 0) is 38.6 Å². The van der Waals surface area contributed by atoms with Crippen LogP contribution >= 0.6 is 0 Å². The summed E-state index contributed by atoms with van der Waals surface area (Å²) in [5.74, 6) is -0.397. The maximum absolute atomic E-state index is 12.8. The van der Waals surface area contributed by atoms with Crippen LogP contribution in [0.5, 0.6) is 0 Å². The zero-order valence-electron chi connectivity index (χ0n) is 11.7. The Morgan fingerprint density at radius 2 is 1.95 bits per heavy atom. The first-order valence-corrected chi connectivity index (χ1v) is 6.29. The van der Waals surface area contributed by atoms with Crippen LogP contribution in [-0.4, -0.2) is 36.5 Å². The van der Waals surface area contributed by atoms with Gasteiger partial charge in [-0.15, -0.1) is 0 Å². The van der Waals surface area contributed by atoms with E-state index >= 15 is 0 Å². The summed E-state index contributed by atoms with van der Waals surface area (Å²) in [5.41, 5.74) is 5.86. The molecule has 19 heavy (non-hydrogen) atoms. The van der Waals surface area contributed by atoms with Crippen LogP contribution in [0.15, 0.2) is 24.3 Å². The molecule has 0 fully saturated rings. The maximum Gasteiger partial charge on any atom is 0.239 e. The highest BCUT2D eigenvalue weighted by Gasteiger charge is 2.20. The minimum atomic E-state index is -0.852. The second-order valence-corrected chi connectivity index (χ2v) is 5.34. The predicted molar refractivity (Wildman–Crippen MR) is 74.0 cm³/mol. The lowest BCUT2D eigenvalue weighted by Gasteiger charge is -2.20. The number of nitrogens with zero attached hydrogens (tertiary/aromatic N) is 1. The first kappa shape index (κ1) is 15.6. The van der Waals surface area contributed by atoms with Gasteiger partial charge in [0, 0.05) is 19.6 Å². The molecule has 1 aromatic rings. The van der Waals surface area contributed by atoms with Crippen molar-refractivity contribution in [3.63, 3.8) is 0 Å². The fraction of sp³-hybridized carbons (Fsp3) is 0.500. The summed E-state index contributed by atoms with van der Waals surface area (Å²) in [4.78, 5) is 13.6. The van der Waals surface area contributed by atoms with E-state index < -0.39 is 5.54 Å². The van der Waals surface area contributed by atoms with Crippen LogP contribution in [0.3, 0.4) is 0 Å². The molecule has 0 unspecified atom stereocenters. The quantitative estimate of drug-likeness (QED) is 0.812. The summed E-state index contributed by atoms with van der Waals surface area (Å²) in [6.45, 7) is 5.30. The molecule has 4 nitrogen and oxygen atoms in total. The highest BCUT2D eigenvalue weighted by Crippen LogP contribution is 2.05. The first-order valence-electron chi connectivity index (χ1n) is 6.29. The van der Waals surface area contributed by atoms with E-state index in [4.69, 9.17) is 5.73 Å². The molecule has 0 heterocycles. The van der Waals surface area contributed by atoms with Gasteiger partial charge in [0.25, 0.3) is 0 Å². The molecule has 0 radical (unpaired) electrons. The molecule has 0 spiro atoms. The number of nitrogens with two attached hydrogens (primary N) is 1. The third kappa shape index (κ3) is 5.81. The van der Waals surface area contributed by atoms with Gasteiger partial charge >= 0.3 is 0 Å². The van der Waals surface area contributed by atoms with Gasteiger partial charge < -0.3 is 16.0 Å². The Balaban J connectivity index is 2.30. The molecule has 106 valence electrons. The Bertz CT molecular complexity index is 412. The van der Waals surface area contributed by atoms with Crippen molar-refractivity contribution in [1.82, 2.24) is 10.2 Å². The zero-order valence-corrected chi connectivity index (χ0v) is 11.7. The van der Waals surface area contributed by atoms with E-state index in [-0.39, 0.29) is 11.7 Å². The Hall–Kier alpha value is -1.46. The van der Waals surface area contributed by atoms with Crippen molar-refractivity contribution in [3.8, 4) is 0 Å². The number of carbonyl (C=O) groups excluding carboxylic acids is 1. The number of carbonyl (C=O) groups is 1. The molecule has 5 heteroatoms. The Kier molecular flexibility index (Phi) is 5.44. The molecule has 0 saturated carbocycles. The predicted octanol–water partition coefficient (Wildman–Crippen LogP) is 1.11. The summed E-state index contributed by atoms with van der Waals surface area (Å²) in [6, 6.07) is 6.41. The third-order valence-electron chi connectivity index (χ3n) is 2.73. The second kappa shape index (κ2) is 6.63. The van der Waals surface area contributed by atoms with Gasteiger partial charge in [-0.25, -0.2) is 4.39 Å². The van der Waals surface area contributed by atoms with Crippen LogP contribution in [0.4, 0.5) is 4.39 Å². The SMILES string of the molecule is CN(CCNC(=O)C(C)(C)N)Cc1ccc(F)cc1. The maximum atomic E-state index is 12.8. The number of likely N-dealkylation sites (N-methyl/N-ethyl adjacent to an activating group) is 1. The highest BCUT2D eigenvalue weighted by atomic mass is 19.1. The fourth-order valence-corrected chi connectivity index (χ4v) is 1.57. The van der Waals surface area contributed by atoms with Crippen LogP contribution in [0.25, 0.3) is 0 Å². The monoisotopic (exact) mass is 267 g/mol. The summed E-state index contributed by atoms with van der Waals surface area (Å²) < 4.78 is 12.8. The van der Waals surface area contributed by atoms with Gasteiger partial charge in [0.15, 0.2) is 0 Å². The fourth-order valence-electron chi connectivity index (χ4n) is 1.57. The topological polar surface area (TPSA) is 58.4 Å². The van der Waals surface area contributed by atoms with E-state index in [1.807, 2.05) is 7.05 Å². The molecule has 3 N–H and O–H groups in total. The summed E-state index contributed by atoms with van der Waals surface area (Å²) >= 11 is 0. The minimum Gasteiger partial charge on any atom is -0.353 e. The van der Waals surface area contributed by atoms with Crippen LogP contribution in [0.2, 0.25) is 0 Å². The van der Waals surface area contributed by atoms with Crippen molar-refractivity contribution in [2.45, 2.75) is 25.9 Å². The van der Waals surface area contributed by atoms with Crippen molar-refractivity contribution in [2.24, 2.45) is 5.73 Å². The normalized spacial score (nSPS) is 11.7. The van der Waals surface area contributed by atoms with Gasteiger partial charge in [-0.3, -0.25) is 4.79 Å². The molecule has 1 amide bonds. The Labute approximate surface area is 113 Å². The number of amides is 1. The smallest absolute Gasteiger partial charge is 0.239 e. The molecule has 0 saturated heterocycles. The zero-order chi connectivity index (χ0) is 14.5. The average Bonchev–Trinajstić information content (AvgIpc) is 2.31. The minimum absolute atomic E-state index is 0.164. The van der Waals surface area contributed by atoms with Crippen molar-refractivity contribution in [2.75, 3.05) is 20.1 Å². The number of hydrogen-bond donors (Lipinski definition) is 2. The van der Waals surface area contributed by atoms with Crippen molar-refractivity contribution < 1.29 is 9.18 Å². The molecule has 0 aliphatic rings. The molecule has 0 aliphatic carbocycles. The highest BCUT2D eigenvalue weighted by molar-refractivity contribution is 5.84. The van der Waals surface area contributed by atoms with E-state index in [0.717, 1.165) is 5.56 Å². The van der Waals surface area contributed by atoms with E-state index in [2.05, 4.69) is 10.2 Å². The number of rotatable bonds is 6. The van der Waals surface area contributed by atoms with E-state index in [1.54, 1.807) is 26.0 Å². The molecule has 1 aromatic carbocycles. The molecular formula is C14H22FN3O. The van der Waals surface area contributed by atoms with Crippen LogP contribution in [-0.2, 0) is 11.3 Å². The molecule has 1 rings (SSSR count). The van der Waals surface area contributed by atoms with Crippen molar-refractivity contribution >= 4 is 5.91 Å². The number of halogens is 1. The summed E-state index contributed by atoms with van der Waals surface area (Å²) in [7, 11) is 1.95. The molecular weight excluding hydrogens is 245 g/mol. The van der Waals surface area contributed by atoms with Crippen molar-refractivity contribution in [1.29, 1.82) is 0 Å². The molecule has 0 aromatic heterocycles. The van der Waals surface area contributed by atoms with Gasteiger partial charge in [0.1, 0.15) is 5.82 Å². The molecule has 0 bridgehead atoms. The first-order chi connectivity index (χ1) is 8.79. The second-order valence-electron chi connectivity index (χ2n) is 5.34. The standard InChI is InChI=1S/C14H22FN3O/c1-14(2,16)13(19)17-8-9-18(3)10-11-4-6-12(15)7-5-11/h4-7H,8-10,16H2,1-3H3,(H,17,19). The van der Waals surface area contributed by atoms with E-state index in [1.165, 1.54) is 12.1 Å². The van der Waals surface area contributed by atoms with Crippen LogP contribution < -0.4 is 11.1 Å². The Morgan fingerprint density at radius 3 is 2.47 bits per heavy atom. The number of hydrogen-bond acceptors (Lipinski definition) is 3. The number of benzene rings is 1. The third-order valence-corrected chi connectivity index (χ3v) is 2.73. The van der Waals surface area contributed by atoms with Crippen LogP contribution in [0, 0.1) is 5.82 Å². The van der Waals surface area contributed by atoms with E-state index in [0.29, 0.717) is 19.6 Å². The van der Waals surface area contributed by atoms with Crippen molar-refractivity contribution in [3.05, 3.63) is 35.6 Å². The van der Waals surface area contributed by atoms with Gasteiger partial charge in [-0.1, -0.05) is 12.1 Å². The largest absolute Gasteiger partial charge is 0.353 e. The lowest BCUT2D eigenvalue weighted by atomic mass is 10.1. The lowest BCUT2D eigenvalue weighted by Crippen LogP contribution is -2.50. The molecule has 0 aliphatic heterocycles. The summed E-state index contributed by atoms with van der Waals surface area (Å²) in [5, 5.41) is 2.78. The van der Waals surface area contributed by atoms with Crippen LogP contribution in [0.1, 0.15) is 19.4 Å².